The van der Waals surface area contributed by atoms with Crippen molar-refractivity contribution >= 4 is 11.6 Å². The Morgan fingerprint density at radius 1 is 1.14 bits per heavy atom. The Bertz CT molecular complexity index is 462. The molecule has 0 saturated carbocycles. The summed E-state index contributed by atoms with van der Waals surface area (Å²) in [5, 5.41) is 0. The highest BCUT2D eigenvalue weighted by Gasteiger charge is 2.02. The van der Waals surface area contributed by atoms with Crippen molar-refractivity contribution in [3.63, 3.8) is 0 Å². The van der Waals surface area contributed by atoms with Gasteiger partial charge in [-0.2, -0.15) is 0 Å². The Hall–Kier alpha value is -1.20. The van der Waals surface area contributed by atoms with E-state index in [9.17, 15) is 4.39 Å². The molecule has 1 aromatic carbocycles. The lowest BCUT2D eigenvalue weighted by Crippen LogP contribution is -1.98. The second kappa shape index (κ2) is 11.5. The van der Waals surface area contributed by atoms with E-state index in [0.717, 1.165) is 6.42 Å². The van der Waals surface area contributed by atoms with Crippen LogP contribution in [0.4, 0.5) is 4.39 Å². The normalized spacial score (nSPS) is 10.0. The number of hydrogen-bond donors (Lipinski definition) is 0. The van der Waals surface area contributed by atoms with Crippen molar-refractivity contribution in [3.8, 4) is 17.6 Å². The van der Waals surface area contributed by atoms with Crippen LogP contribution in [-0.2, 0) is 0 Å². The van der Waals surface area contributed by atoms with E-state index in [-0.39, 0.29) is 5.82 Å². The fourth-order valence-electron chi connectivity index (χ4n) is 1.96. The molecule has 0 radical (unpaired) electrons. The van der Waals surface area contributed by atoms with Crippen molar-refractivity contribution in [1.82, 2.24) is 0 Å². The molecule has 3 heteroatoms. The quantitative estimate of drug-likeness (QED) is 0.330. The second-order valence-electron chi connectivity index (χ2n) is 5.00. The van der Waals surface area contributed by atoms with Crippen LogP contribution in [0.3, 0.4) is 0 Å². The summed E-state index contributed by atoms with van der Waals surface area (Å²) < 4.78 is 19.3. The highest BCUT2D eigenvalue weighted by molar-refractivity contribution is 6.18. The molecule has 1 rings (SSSR count). The second-order valence-corrected chi connectivity index (χ2v) is 5.38. The molecule has 21 heavy (non-hydrogen) atoms. The maximum atomic E-state index is 13.8. The van der Waals surface area contributed by atoms with Gasteiger partial charge in [-0.15, -0.1) is 11.6 Å². The van der Waals surface area contributed by atoms with E-state index < -0.39 is 0 Å². The molecule has 1 nitrogen and oxygen atoms in total. The zero-order chi connectivity index (χ0) is 15.3. The van der Waals surface area contributed by atoms with Crippen molar-refractivity contribution in [2.24, 2.45) is 0 Å². The van der Waals surface area contributed by atoms with Gasteiger partial charge in [-0.3, -0.25) is 0 Å². The van der Waals surface area contributed by atoms with E-state index in [0.29, 0.717) is 30.2 Å². The van der Waals surface area contributed by atoms with Crippen LogP contribution in [0.5, 0.6) is 5.75 Å². The van der Waals surface area contributed by atoms with Crippen LogP contribution in [0.25, 0.3) is 0 Å². The molecule has 0 aliphatic heterocycles. The molecule has 1 aromatic rings. The van der Waals surface area contributed by atoms with Crippen molar-refractivity contribution in [2.45, 2.75) is 51.9 Å². The Labute approximate surface area is 132 Å². The minimum Gasteiger partial charge on any atom is -0.493 e. The summed E-state index contributed by atoms with van der Waals surface area (Å²) in [7, 11) is 0. The van der Waals surface area contributed by atoms with E-state index in [2.05, 4.69) is 18.8 Å². The predicted molar refractivity (Wildman–Crippen MR) is 87.5 cm³/mol. The van der Waals surface area contributed by atoms with Gasteiger partial charge in [-0.05, 0) is 18.6 Å². The minimum absolute atomic E-state index is 0.336. The fourth-order valence-corrected chi connectivity index (χ4v) is 2.06. The molecular formula is C18H24ClFO. The minimum atomic E-state index is -0.336. The molecule has 0 bridgehead atoms. The van der Waals surface area contributed by atoms with Crippen LogP contribution in [0, 0.1) is 17.7 Å². The van der Waals surface area contributed by atoms with Gasteiger partial charge in [0.25, 0.3) is 0 Å². The summed E-state index contributed by atoms with van der Waals surface area (Å²) in [5.41, 5.74) is 0.395. The summed E-state index contributed by atoms with van der Waals surface area (Å²) in [4.78, 5) is 0. The first-order chi connectivity index (χ1) is 10.3. The lowest BCUT2D eigenvalue weighted by atomic mass is 10.1. The third-order valence-electron chi connectivity index (χ3n) is 3.15. The Balaban J connectivity index is 2.30. The standard InChI is InChI=1S/C18H24ClFO/c1-2-3-4-5-6-9-14-21-17-12-11-16(18(20)15-17)10-7-8-13-19/h11-12,15H,2-6,8-9,13-14H2,1H3. The van der Waals surface area contributed by atoms with E-state index in [1.165, 1.54) is 38.2 Å². The Morgan fingerprint density at radius 2 is 1.90 bits per heavy atom. The monoisotopic (exact) mass is 310 g/mol. The summed E-state index contributed by atoms with van der Waals surface area (Å²) in [6.45, 7) is 2.85. The van der Waals surface area contributed by atoms with Gasteiger partial charge in [0, 0.05) is 18.4 Å². The third kappa shape index (κ3) is 7.97. The van der Waals surface area contributed by atoms with Gasteiger partial charge in [-0.1, -0.05) is 50.9 Å². The summed E-state index contributed by atoms with van der Waals surface area (Å²) in [6, 6.07) is 4.83. The number of benzene rings is 1. The molecule has 0 aromatic heterocycles. The Kier molecular flexibility index (Phi) is 9.74. The number of ether oxygens (including phenoxy) is 1. The summed E-state index contributed by atoms with van der Waals surface area (Å²) >= 11 is 5.53. The number of rotatable bonds is 9. The van der Waals surface area contributed by atoms with Crippen LogP contribution in [0.1, 0.15) is 57.4 Å². The molecule has 0 aliphatic carbocycles. The van der Waals surface area contributed by atoms with Gasteiger partial charge >= 0.3 is 0 Å². The maximum Gasteiger partial charge on any atom is 0.142 e. The first kappa shape index (κ1) is 17.9. The molecule has 0 heterocycles. The highest BCUT2D eigenvalue weighted by atomic mass is 35.5. The van der Waals surface area contributed by atoms with Gasteiger partial charge in [0.15, 0.2) is 0 Å². The van der Waals surface area contributed by atoms with E-state index in [1.54, 1.807) is 12.1 Å². The molecule has 116 valence electrons. The molecule has 0 N–H and O–H groups in total. The van der Waals surface area contributed by atoms with E-state index in [1.807, 2.05) is 0 Å². The summed E-state index contributed by atoms with van der Waals surface area (Å²) in [5.74, 6) is 6.30. The molecule has 0 spiro atoms. The molecule has 0 aliphatic rings. The predicted octanol–water partition coefficient (Wildman–Crippen LogP) is 5.55. The average molecular weight is 311 g/mol. The van der Waals surface area contributed by atoms with Crippen molar-refractivity contribution in [1.29, 1.82) is 0 Å². The first-order valence-electron chi connectivity index (χ1n) is 7.75. The van der Waals surface area contributed by atoms with Gasteiger partial charge in [-0.25, -0.2) is 4.39 Å². The smallest absolute Gasteiger partial charge is 0.142 e. The van der Waals surface area contributed by atoms with Gasteiger partial charge in [0.2, 0.25) is 0 Å². The van der Waals surface area contributed by atoms with Crippen LogP contribution in [-0.4, -0.2) is 12.5 Å². The van der Waals surface area contributed by atoms with Gasteiger partial charge in [0.1, 0.15) is 11.6 Å². The molecule has 0 fully saturated rings. The first-order valence-corrected chi connectivity index (χ1v) is 8.28. The van der Waals surface area contributed by atoms with Crippen LogP contribution in [0.2, 0.25) is 0 Å². The van der Waals surface area contributed by atoms with Crippen molar-refractivity contribution in [2.75, 3.05) is 12.5 Å². The molecule has 0 amide bonds. The third-order valence-corrected chi connectivity index (χ3v) is 3.34. The zero-order valence-electron chi connectivity index (χ0n) is 12.8. The average Bonchev–Trinajstić information content (AvgIpc) is 2.48. The maximum absolute atomic E-state index is 13.8. The van der Waals surface area contributed by atoms with Gasteiger partial charge in [0.05, 0.1) is 12.2 Å². The van der Waals surface area contributed by atoms with Crippen LogP contribution >= 0.6 is 11.6 Å². The van der Waals surface area contributed by atoms with Crippen LogP contribution in [0.15, 0.2) is 18.2 Å². The number of halogens is 2. The number of hydrogen-bond acceptors (Lipinski definition) is 1. The van der Waals surface area contributed by atoms with Gasteiger partial charge < -0.3 is 4.74 Å². The molecular weight excluding hydrogens is 287 g/mol. The topological polar surface area (TPSA) is 9.23 Å². The van der Waals surface area contributed by atoms with Crippen molar-refractivity contribution < 1.29 is 9.13 Å². The summed E-state index contributed by atoms with van der Waals surface area (Å²) in [6.07, 6.45) is 7.86. The molecule has 0 saturated heterocycles. The highest BCUT2D eigenvalue weighted by Crippen LogP contribution is 2.16. The lowest BCUT2D eigenvalue weighted by Gasteiger charge is -2.06. The SMILES string of the molecule is CCCCCCCCOc1ccc(C#CCCCl)c(F)c1. The number of alkyl halides is 1. The van der Waals surface area contributed by atoms with Crippen molar-refractivity contribution in [3.05, 3.63) is 29.6 Å². The van der Waals surface area contributed by atoms with E-state index in [4.69, 9.17) is 16.3 Å². The van der Waals surface area contributed by atoms with Crippen LogP contribution < -0.4 is 4.74 Å². The zero-order valence-corrected chi connectivity index (χ0v) is 13.5. The fraction of sp³-hybridized carbons (Fsp3) is 0.556. The largest absolute Gasteiger partial charge is 0.493 e. The lowest BCUT2D eigenvalue weighted by molar-refractivity contribution is 0.303. The Morgan fingerprint density at radius 3 is 2.62 bits per heavy atom. The number of unbranched alkanes of at least 4 members (excludes halogenated alkanes) is 5. The van der Waals surface area contributed by atoms with E-state index >= 15 is 0 Å². The molecule has 0 unspecified atom stereocenters. The molecule has 0 atom stereocenters.